The van der Waals surface area contributed by atoms with Crippen molar-refractivity contribution in [3.8, 4) is 0 Å². The summed E-state index contributed by atoms with van der Waals surface area (Å²) in [4.78, 5) is 12.1. The number of nitrogens with one attached hydrogen (secondary N) is 1. The van der Waals surface area contributed by atoms with Gasteiger partial charge in [-0.05, 0) is 31.2 Å². The van der Waals surface area contributed by atoms with Gasteiger partial charge in [0.05, 0.1) is 34.8 Å². The number of hydrogen-bond donors (Lipinski definition) is 1. The molecule has 1 aromatic heterocycles. The molecule has 5 nitrogen and oxygen atoms in total. The van der Waals surface area contributed by atoms with E-state index in [1.165, 1.54) is 19.2 Å². The Morgan fingerprint density at radius 1 is 1.33 bits per heavy atom. The summed E-state index contributed by atoms with van der Waals surface area (Å²) in [6, 6.07) is 6.12. The first-order chi connectivity index (χ1) is 11.4. The van der Waals surface area contributed by atoms with Gasteiger partial charge in [-0.3, -0.25) is 0 Å². The van der Waals surface area contributed by atoms with E-state index >= 15 is 0 Å². The minimum atomic E-state index is -0.764. The lowest BCUT2D eigenvalue weighted by molar-refractivity contribution is 0.0601. The normalized spacial score (nSPS) is 10.9. The largest absolute Gasteiger partial charge is 0.465 e. The van der Waals surface area contributed by atoms with E-state index in [4.69, 9.17) is 32.5 Å². The molecule has 3 aromatic rings. The van der Waals surface area contributed by atoms with Gasteiger partial charge in [0.2, 0.25) is 5.58 Å². The van der Waals surface area contributed by atoms with Crippen LogP contribution in [0.15, 0.2) is 28.8 Å². The maximum atomic E-state index is 14.9. The van der Waals surface area contributed by atoms with E-state index in [2.05, 4.69) is 10.5 Å². The summed E-state index contributed by atoms with van der Waals surface area (Å²) in [5.74, 6) is -1.47. The highest BCUT2D eigenvalue weighted by Gasteiger charge is 2.23. The number of benzene rings is 2. The van der Waals surface area contributed by atoms with Crippen LogP contribution in [0.25, 0.3) is 11.0 Å². The van der Waals surface area contributed by atoms with Crippen molar-refractivity contribution in [1.82, 2.24) is 5.16 Å². The second kappa shape index (κ2) is 6.30. The average molecular weight is 369 g/mol. The van der Waals surface area contributed by atoms with Crippen LogP contribution in [0.5, 0.6) is 0 Å². The van der Waals surface area contributed by atoms with E-state index in [9.17, 15) is 9.18 Å². The second-order valence-electron chi connectivity index (χ2n) is 5.00. The van der Waals surface area contributed by atoms with Gasteiger partial charge in [-0.25, -0.2) is 9.18 Å². The molecular formula is C16H11Cl2FN2O3. The van der Waals surface area contributed by atoms with E-state index in [0.29, 0.717) is 21.8 Å². The highest BCUT2D eigenvalue weighted by molar-refractivity contribution is 6.36. The fraction of sp³-hybridized carbons (Fsp3) is 0.125. The number of fused-ring (bicyclic) bond motifs is 1. The van der Waals surface area contributed by atoms with Gasteiger partial charge in [0.15, 0.2) is 5.82 Å². The van der Waals surface area contributed by atoms with Crippen LogP contribution in [0.3, 0.4) is 0 Å². The van der Waals surface area contributed by atoms with Crippen molar-refractivity contribution in [3.63, 3.8) is 0 Å². The molecule has 0 aliphatic carbocycles. The number of aryl methyl sites for hydroxylation is 1. The quantitative estimate of drug-likeness (QED) is 0.650. The van der Waals surface area contributed by atoms with Crippen molar-refractivity contribution >= 4 is 51.5 Å². The molecule has 0 spiro atoms. The van der Waals surface area contributed by atoms with Gasteiger partial charge in [-0.2, -0.15) is 0 Å². The fourth-order valence-corrected chi connectivity index (χ4v) is 2.73. The van der Waals surface area contributed by atoms with Crippen LogP contribution in [0.1, 0.15) is 16.1 Å². The molecule has 0 saturated heterocycles. The lowest BCUT2D eigenvalue weighted by Gasteiger charge is -2.13. The summed E-state index contributed by atoms with van der Waals surface area (Å²) in [5.41, 5.74) is 0.660. The Kier molecular flexibility index (Phi) is 4.34. The molecular weight excluding hydrogens is 358 g/mol. The predicted molar refractivity (Wildman–Crippen MR) is 89.8 cm³/mol. The Morgan fingerprint density at radius 3 is 2.75 bits per heavy atom. The first kappa shape index (κ1) is 16.5. The first-order valence-corrected chi connectivity index (χ1v) is 7.57. The number of ether oxygens (including phenoxy) is 1. The van der Waals surface area contributed by atoms with Crippen molar-refractivity contribution in [3.05, 3.63) is 51.4 Å². The molecule has 24 heavy (non-hydrogen) atoms. The van der Waals surface area contributed by atoms with Gasteiger partial charge in [0, 0.05) is 10.4 Å². The maximum Gasteiger partial charge on any atom is 0.340 e. The first-order valence-electron chi connectivity index (χ1n) is 6.81. The third-order valence-corrected chi connectivity index (χ3v) is 4.03. The molecule has 1 N–H and O–H groups in total. The number of methoxy groups -OCH3 is 1. The van der Waals surface area contributed by atoms with E-state index in [1.54, 1.807) is 19.1 Å². The van der Waals surface area contributed by atoms with Gasteiger partial charge in [-0.1, -0.05) is 28.4 Å². The SMILES string of the molecule is COC(=O)c1cc2c(C)noc2c(F)c1Nc1ccc(Cl)cc1Cl. The Hall–Kier alpha value is -2.31. The summed E-state index contributed by atoms with van der Waals surface area (Å²) in [6.45, 7) is 1.65. The van der Waals surface area contributed by atoms with E-state index in [0.717, 1.165) is 0 Å². The van der Waals surface area contributed by atoms with Gasteiger partial charge in [0.1, 0.15) is 0 Å². The average Bonchev–Trinajstić information content (AvgIpc) is 2.92. The van der Waals surface area contributed by atoms with Gasteiger partial charge < -0.3 is 14.6 Å². The van der Waals surface area contributed by atoms with Crippen LogP contribution in [0.4, 0.5) is 15.8 Å². The molecule has 0 amide bonds. The highest BCUT2D eigenvalue weighted by atomic mass is 35.5. The molecule has 8 heteroatoms. The third kappa shape index (κ3) is 2.79. The second-order valence-corrected chi connectivity index (χ2v) is 5.84. The minimum Gasteiger partial charge on any atom is -0.465 e. The topological polar surface area (TPSA) is 64.4 Å². The molecule has 0 aliphatic heterocycles. The predicted octanol–water partition coefficient (Wildman–Crippen LogP) is 5.11. The summed E-state index contributed by atoms with van der Waals surface area (Å²) >= 11 is 12.0. The molecule has 0 atom stereocenters. The molecule has 3 rings (SSSR count). The smallest absolute Gasteiger partial charge is 0.340 e. The number of hydrogen-bond acceptors (Lipinski definition) is 5. The summed E-state index contributed by atoms with van der Waals surface area (Å²) < 4.78 is 24.6. The maximum absolute atomic E-state index is 14.9. The molecule has 0 saturated carbocycles. The Labute approximate surface area is 146 Å². The minimum absolute atomic E-state index is 0.000170. The molecule has 2 aromatic carbocycles. The number of carbonyl (C=O) groups excluding carboxylic acids is 1. The van der Waals surface area contributed by atoms with Crippen LogP contribution >= 0.6 is 23.2 Å². The molecule has 0 radical (unpaired) electrons. The lowest BCUT2D eigenvalue weighted by atomic mass is 10.1. The highest BCUT2D eigenvalue weighted by Crippen LogP contribution is 2.35. The lowest BCUT2D eigenvalue weighted by Crippen LogP contribution is -2.08. The Balaban J connectivity index is 2.21. The number of nitrogens with zero attached hydrogens (tertiary/aromatic N) is 1. The number of anilines is 2. The van der Waals surface area contributed by atoms with Crippen molar-refractivity contribution in [2.45, 2.75) is 6.92 Å². The molecule has 0 aliphatic rings. The van der Waals surface area contributed by atoms with E-state index in [-0.39, 0.29) is 21.9 Å². The molecule has 124 valence electrons. The fourth-order valence-electron chi connectivity index (χ4n) is 2.27. The number of rotatable bonds is 3. The zero-order valence-electron chi connectivity index (χ0n) is 12.6. The summed E-state index contributed by atoms with van der Waals surface area (Å²) in [6.07, 6.45) is 0. The van der Waals surface area contributed by atoms with Gasteiger partial charge in [0.25, 0.3) is 0 Å². The van der Waals surface area contributed by atoms with E-state index < -0.39 is 11.8 Å². The monoisotopic (exact) mass is 368 g/mol. The van der Waals surface area contributed by atoms with Crippen LogP contribution in [-0.4, -0.2) is 18.2 Å². The number of aromatic nitrogens is 1. The molecule has 0 fully saturated rings. The zero-order chi connectivity index (χ0) is 17.4. The standard InChI is InChI=1S/C16H11Cl2FN2O3/c1-7-9-6-10(16(22)23-2)14(13(19)15(9)24-21-7)20-12-4-3-8(17)5-11(12)18/h3-6,20H,1-2H3. The van der Waals surface area contributed by atoms with Crippen molar-refractivity contribution in [2.75, 3.05) is 12.4 Å². The van der Waals surface area contributed by atoms with Gasteiger partial charge >= 0.3 is 5.97 Å². The molecule has 1 heterocycles. The van der Waals surface area contributed by atoms with Gasteiger partial charge in [-0.15, -0.1) is 0 Å². The number of halogens is 3. The van der Waals surface area contributed by atoms with E-state index in [1.807, 2.05) is 0 Å². The Bertz CT molecular complexity index is 956. The summed E-state index contributed by atoms with van der Waals surface area (Å²) in [5, 5.41) is 7.61. The molecule has 0 unspecified atom stereocenters. The Morgan fingerprint density at radius 2 is 2.08 bits per heavy atom. The van der Waals surface area contributed by atoms with Crippen LogP contribution in [0, 0.1) is 12.7 Å². The third-order valence-electron chi connectivity index (χ3n) is 3.48. The van der Waals surface area contributed by atoms with Crippen molar-refractivity contribution in [1.29, 1.82) is 0 Å². The van der Waals surface area contributed by atoms with Crippen LogP contribution < -0.4 is 5.32 Å². The zero-order valence-corrected chi connectivity index (χ0v) is 14.1. The van der Waals surface area contributed by atoms with Crippen molar-refractivity contribution in [2.24, 2.45) is 0 Å². The van der Waals surface area contributed by atoms with Crippen LogP contribution in [-0.2, 0) is 4.74 Å². The number of carbonyl (C=O) groups is 1. The number of esters is 1. The van der Waals surface area contributed by atoms with Crippen LogP contribution in [0.2, 0.25) is 10.0 Å². The van der Waals surface area contributed by atoms with Crippen molar-refractivity contribution < 1.29 is 18.4 Å². The molecule has 0 bridgehead atoms. The summed E-state index contributed by atoms with van der Waals surface area (Å²) in [7, 11) is 1.21.